The number of ether oxygens (including phenoxy) is 2. The topological polar surface area (TPSA) is 118 Å². The molecule has 1 aliphatic rings. The van der Waals surface area contributed by atoms with Crippen molar-refractivity contribution in [2.75, 3.05) is 6.79 Å². The number of nitro groups is 2. The standard InChI is InChI=1S/C19H10N2O7/c22-20(23)13-8-16-15(26-9-27-16)7-12(13)18-17-11-4-2-1-3-10(11)5-6-14(17)28-19(18)21(24)25/h1-8H,9H2. The first-order chi connectivity index (χ1) is 13.5. The number of fused-ring (bicyclic) bond motifs is 4. The Kier molecular flexibility index (Phi) is 3.26. The van der Waals surface area contributed by atoms with Gasteiger partial charge in [0, 0.05) is 5.39 Å². The molecule has 0 radical (unpaired) electrons. The Hall–Kier alpha value is -4.14. The molecule has 0 fully saturated rings. The summed E-state index contributed by atoms with van der Waals surface area (Å²) < 4.78 is 16.0. The van der Waals surface area contributed by atoms with Crippen molar-refractivity contribution in [3.05, 3.63) is 68.8 Å². The lowest BCUT2D eigenvalue weighted by atomic mass is 9.97. The van der Waals surface area contributed by atoms with Crippen LogP contribution in [0.2, 0.25) is 0 Å². The van der Waals surface area contributed by atoms with Crippen LogP contribution in [-0.2, 0) is 0 Å². The monoisotopic (exact) mass is 378 g/mol. The lowest BCUT2D eigenvalue weighted by Crippen LogP contribution is -1.95. The summed E-state index contributed by atoms with van der Waals surface area (Å²) in [6.07, 6.45) is 0. The van der Waals surface area contributed by atoms with Gasteiger partial charge in [0.05, 0.1) is 16.6 Å². The molecule has 5 rings (SSSR count). The van der Waals surface area contributed by atoms with Crippen LogP contribution in [0.5, 0.6) is 11.5 Å². The first-order valence-electron chi connectivity index (χ1n) is 8.21. The molecule has 9 heteroatoms. The molecule has 0 saturated heterocycles. The average molecular weight is 378 g/mol. The zero-order valence-corrected chi connectivity index (χ0v) is 14.1. The number of hydrogen-bond acceptors (Lipinski definition) is 7. The summed E-state index contributed by atoms with van der Waals surface area (Å²) in [5.74, 6) is -0.0615. The molecule has 0 aliphatic carbocycles. The van der Waals surface area contributed by atoms with Gasteiger partial charge in [0.25, 0.3) is 5.69 Å². The molecule has 0 spiro atoms. The van der Waals surface area contributed by atoms with Gasteiger partial charge in [0.1, 0.15) is 16.1 Å². The van der Waals surface area contributed by atoms with Crippen LogP contribution in [0.1, 0.15) is 0 Å². The Morgan fingerprint density at radius 2 is 1.64 bits per heavy atom. The van der Waals surface area contributed by atoms with E-state index in [1.54, 1.807) is 24.3 Å². The highest BCUT2D eigenvalue weighted by Crippen LogP contribution is 2.49. The Morgan fingerprint density at radius 1 is 0.893 bits per heavy atom. The Morgan fingerprint density at radius 3 is 2.39 bits per heavy atom. The van der Waals surface area contributed by atoms with Crippen LogP contribution in [0.15, 0.2) is 52.9 Å². The van der Waals surface area contributed by atoms with Crippen LogP contribution >= 0.6 is 0 Å². The Balaban J connectivity index is 1.96. The third-order valence-corrected chi connectivity index (χ3v) is 4.68. The third-order valence-electron chi connectivity index (χ3n) is 4.68. The molecule has 0 saturated carbocycles. The van der Waals surface area contributed by atoms with Gasteiger partial charge in [-0.1, -0.05) is 30.3 Å². The summed E-state index contributed by atoms with van der Waals surface area (Å²) in [6, 6.07) is 13.3. The maximum absolute atomic E-state index is 11.7. The summed E-state index contributed by atoms with van der Waals surface area (Å²) in [7, 11) is 0. The van der Waals surface area contributed by atoms with E-state index in [-0.39, 0.29) is 40.7 Å². The van der Waals surface area contributed by atoms with Crippen molar-refractivity contribution in [2.24, 2.45) is 0 Å². The summed E-state index contributed by atoms with van der Waals surface area (Å²) in [4.78, 5) is 22.1. The maximum atomic E-state index is 11.7. The van der Waals surface area contributed by atoms with E-state index < -0.39 is 15.7 Å². The number of furan rings is 1. The summed E-state index contributed by atoms with van der Waals surface area (Å²) >= 11 is 0. The third kappa shape index (κ3) is 2.19. The van der Waals surface area contributed by atoms with Gasteiger partial charge in [0.15, 0.2) is 11.5 Å². The molecular formula is C19H10N2O7. The number of benzene rings is 3. The lowest BCUT2D eigenvalue weighted by molar-refractivity contribution is -0.401. The van der Waals surface area contributed by atoms with Crippen LogP contribution < -0.4 is 9.47 Å². The van der Waals surface area contributed by atoms with Crippen LogP contribution in [0.3, 0.4) is 0 Å². The van der Waals surface area contributed by atoms with Gasteiger partial charge in [-0.2, -0.15) is 0 Å². The highest BCUT2D eigenvalue weighted by atomic mass is 16.7. The molecule has 1 aliphatic heterocycles. The smallest absolute Gasteiger partial charge is 0.442 e. The molecular weight excluding hydrogens is 368 g/mol. The minimum Gasteiger partial charge on any atom is -0.454 e. The molecule has 0 N–H and O–H groups in total. The first kappa shape index (κ1) is 16.1. The summed E-state index contributed by atoms with van der Waals surface area (Å²) in [5.41, 5.74) is 0.0215. The molecule has 0 bridgehead atoms. The fourth-order valence-electron chi connectivity index (χ4n) is 3.52. The van der Waals surface area contributed by atoms with Crippen molar-refractivity contribution in [1.82, 2.24) is 0 Å². The second kappa shape index (κ2) is 5.68. The van der Waals surface area contributed by atoms with Crippen LogP contribution in [0.25, 0.3) is 32.9 Å². The molecule has 9 nitrogen and oxygen atoms in total. The zero-order chi connectivity index (χ0) is 19.4. The molecule has 2 heterocycles. The van der Waals surface area contributed by atoms with Crippen molar-refractivity contribution in [3.8, 4) is 22.6 Å². The van der Waals surface area contributed by atoms with E-state index in [2.05, 4.69) is 0 Å². The van der Waals surface area contributed by atoms with Gasteiger partial charge in [0.2, 0.25) is 6.79 Å². The fourth-order valence-corrected chi connectivity index (χ4v) is 3.52. The fraction of sp³-hybridized carbons (Fsp3) is 0.0526. The number of nitro benzene ring substituents is 1. The van der Waals surface area contributed by atoms with Crippen molar-refractivity contribution in [2.45, 2.75) is 0 Å². The first-order valence-corrected chi connectivity index (χ1v) is 8.21. The average Bonchev–Trinajstić information content (AvgIpc) is 3.30. The van der Waals surface area contributed by atoms with E-state index in [9.17, 15) is 20.2 Å². The van der Waals surface area contributed by atoms with E-state index in [1.165, 1.54) is 12.1 Å². The van der Waals surface area contributed by atoms with Crippen LogP contribution in [0, 0.1) is 20.2 Å². The normalized spacial score (nSPS) is 12.6. The number of hydrogen-bond donors (Lipinski definition) is 0. The van der Waals surface area contributed by atoms with Gasteiger partial charge in [-0.15, -0.1) is 0 Å². The van der Waals surface area contributed by atoms with E-state index >= 15 is 0 Å². The summed E-state index contributed by atoms with van der Waals surface area (Å²) in [6.45, 7) is -0.0763. The second-order valence-corrected chi connectivity index (χ2v) is 6.18. The molecule has 0 atom stereocenters. The van der Waals surface area contributed by atoms with E-state index in [4.69, 9.17) is 13.9 Å². The molecule has 0 unspecified atom stereocenters. The number of nitrogens with zero attached hydrogens (tertiary/aromatic N) is 2. The quantitative estimate of drug-likeness (QED) is 0.371. The van der Waals surface area contributed by atoms with Gasteiger partial charge in [-0.3, -0.25) is 20.2 Å². The van der Waals surface area contributed by atoms with Gasteiger partial charge in [-0.25, -0.2) is 0 Å². The largest absolute Gasteiger partial charge is 0.454 e. The predicted octanol–water partition coefficient (Wildman–Crippen LogP) is 4.80. The second-order valence-electron chi connectivity index (χ2n) is 6.18. The van der Waals surface area contributed by atoms with Gasteiger partial charge < -0.3 is 13.9 Å². The highest BCUT2D eigenvalue weighted by molar-refractivity contribution is 6.15. The maximum Gasteiger partial charge on any atom is 0.442 e. The van der Waals surface area contributed by atoms with Crippen LogP contribution in [0.4, 0.5) is 11.6 Å². The molecule has 3 aromatic carbocycles. The SMILES string of the molecule is O=[N+]([O-])c1cc2c(cc1-c1c([N+](=O)[O-])oc3ccc4ccccc4c13)OCO2. The molecule has 0 amide bonds. The molecule has 138 valence electrons. The molecule has 1 aromatic heterocycles. The van der Waals surface area contributed by atoms with E-state index in [0.717, 1.165) is 5.39 Å². The Bertz CT molecular complexity index is 1310. The van der Waals surface area contributed by atoms with E-state index in [1.807, 2.05) is 12.1 Å². The zero-order valence-electron chi connectivity index (χ0n) is 14.1. The predicted molar refractivity (Wildman–Crippen MR) is 98.6 cm³/mol. The van der Waals surface area contributed by atoms with Gasteiger partial charge in [-0.05, 0) is 22.9 Å². The highest BCUT2D eigenvalue weighted by Gasteiger charge is 2.34. The molecule has 4 aromatic rings. The number of rotatable bonds is 3. The minimum atomic E-state index is -0.682. The Labute approximate surface area is 156 Å². The van der Waals surface area contributed by atoms with Crippen LogP contribution in [-0.4, -0.2) is 16.6 Å². The van der Waals surface area contributed by atoms with E-state index in [0.29, 0.717) is 10.8 Å². The summed E-state index contributed by atoms with van der Waals surface area (Å²) in [5, 5.41) is 25.4. The molecule has 28 heavy (non-hydrogen) atoms. The lowest BCUT2D eigenvalue weighted by Gasteiger charge is -2.05. The van der Waals surface area contributed by atoms with Crippen molar-refractivity contribution in [3.63, 3.8) is 0 Å². The van der Waals surface area contributed by atoms with Crippen molar-refractivity contribution < 1.29 is 23.7 Å². The van der Waals surface area contributed by atoms with Gasteiger partial charge >= 0.3 is 5.88 Å². The van der Waals surface area contributed by atoms with Crippen molar-refractivity contribution >= 4 is 33.3 Å². The minimum absolute atomic E-state index is 0.0380. The van der Waals surface area contributed by atoms with Crippen molar-refractivity contribution in [1.29, 1.82) is 0 Å².